The Kier molecular flexibility index (Phi) is 9.33. The van der Waals surface area contributed by atoms with Crippen LogP contribution in [-0.2, 0) is 16.0 Å². The molecule has 2 aromatic carbocycles. The summed E-state index contributed by atoms with van der Waals surface area (Å²) in [5.74, 6) is -0.398. The van der Waals surface area contributed by atoms with Crippen LogP contribution in [0.3, 0.4) is 0 Å². The van der Waals surface area contributed by atoms with Crippen molar-refractivity contribution < 1.29 is 24.4 Å². The Labute approximate surface area is 248 Å². The molecule has 1 aromatic heterocycles. The fourth-order valence-corrected chi connectivity index (χ4v) is 5.11. The SMILES string of the molecule is CC(C)(C)OC(=O)N1CCN(C(=O)C(Cc2ccccc2)n2ccc(-c3cc(Cl)ccc3[N+](=O)[O-])cc2=O)C(CO)C1. The first-order valence-electron chi connectivity index (χ1n) is 13.5. The van der Waals surface area contributed by atoms with E-state index in [1.54, 1.807) is 20.8 Å². The van der Waals surface area contributed by atoms with E-state index in [9.17, 15) is 29.6 Å². The smallest absolute Gasteiger partial charge is 0.410 e. The molecule has 12 heteroatoms. The summed E-state index contributed by atoms with van der Waals surface area (Å²) >= 11 is 6.09. The molecule has 0 radical (unpaired) electrons. The maximum atomic E-state index is 14.1. The summed E-state index contributed by atoms with van der Waals surface area (Å²) in [5, 5.41) is 22.1. The molecule has 0 spiro atoms. The lowest BCUT2D eigenvalue weighted by Crippen LogP contribution is -2.59. The Morgan fingerprint density at radius 3 is 2.45 bits per heavy atom. The fourth-order valence-electron chi connectivity index (χ4n) is 4.94. The van der Waals surface area contributed by atoms with E-state index in [4.69, 9.17) is 16.3 Å². The standard InChI is InChI=1S/C30H33ClN4O7/c1-30(2,3)42-29(39)32-13-14-33(23(18-32)19-36)28(38)26(15-20-7-5-4-6-8-20)34-12-11-21(16-27(34)37)24-17-22(31)9-10-25(24)35(40)41/h4-12,16-17,23,26,36H,13-15,18-19H2,1-3H3. The van der Waals surface area contributed by atoms with Gasteiger partial charge in [0, 0.05) is 49.4 Å². The summed E-state index contributed by atoms with van der Waals surface area (Å²) in [4.78, 5) is 54.2. The Morgan fingerprint density at radius 2 is 1.83 bits per heavy atom. The van der Waals surface area contributed by atoms with Crippen molar-refractivity contribution in [2.75, 3.05) is 26.2 Å². The number of nitro groups is 1. The van der Waals surface area contributed by atoms with Gasteiger partial charge in [-0.25, -0.2) is 4.79 Å². The monoisotopic (exact) mass is 596 g/mol. The van der Waals surface area contributed by atoms with Crippen LogP contribution < -0.4 is 5.56 Å². The Bertz CT molecular complexity index is 1520. The third-order valence-electron chi connectivity index (χ3n) is 6.94. The maximum Gasteiger partial charge on any atom is 0.410 e. The van der Waals surface area contributed by atoms with Crippen LogP contribution in [0.1, 0.15) is 32.4 Å². The molecule has 11 nitrogen and oxygen atoms in total. The van der Waals surface area contributed by atoms with Gasteiger partial charge in [0.25, 0.3) is 11.2 Å². The molecule has 2 amide bonds. The minimum atomic E-state index is -0.981. The topological polar surface area (TPSA) is 135 Å². The van der Waals surface area contributed by atoms with Gasteiger partial charge in [0.05, 0.1) is 23.1 Å². The highest BCUT2D eigenvalue weighted by Gasteiger charge is 2.37. The van der Waals surface area contributed by atoms with E-state index in [1.165, 1.54) is 50.9 Å². The Balaban J connectivity index is 1.67. The highest BCUT2D eigenvalue weighted by Crippen LogP contribution is 2.32. The van der Waals surface area contributed by atoms with Gasteiger partial charge < -0.3 is 24.2 Å². The van der Waals surface area contributed by atoms with E-state index in [0.717, 1.165) is 5.56 Å². The highest BCUT2D eigenvalue weighted by molar-refractivity contribution is 6.31. The number of hydrogen-bond donors (Lipinski definition) is 1. The Hall–Kier alpha value is -4.22. The van der Waals surface area contributed by atoms with Gasteiger partial charge in [-0.2, -0.15) is 0 Å². The van der Waals surface area contributed by atoms with Gasteiger partial charge >= 0.3 is 6.09 Å². The van der Waals surface area contributed by atoms with E-state index in [0.29, 0.717) is 0 Å². The molecule has 42 heavy (non-hydrogen) atoms. The Morgan fingerprint density at radius 1 is 1.12 bits per heavy atom. The molecule has 2 atom stereocenters. The second-order valence-corrected chi connectivity index (χ2v) is 11.5. The van der Waals surface area contributed by atoms with Crippen LogP contribution in [0.25, 0.3) is 11.1 Å². The first-order chi connectivity index (χ1) is 19.9. The number of ether oxygens (including phenoxy) is 1. The molecular formula is C30H33ClN4O7. The first-order valence-corrected chi connectivity index (χ1v) is 13.9. The molecule has 0 bridgehead atoms. The maximum absolute atomic E-state index is 14.1. The van der Waals surface area contributed by atoms with Gasteiger partial charge in [0.15, 0.2) is 0 Å². The van der Waals surface area contributed by atoms with Crippen molar-refractivity contribution in [1.29, 1.82) is 0 Å². The van der Waals surface area contributed by atoms with Crippen LogP contribution in [0.4, 0.5) is 10.5 Å². The number of carbonyl (C=O) groups is 2. The minimum absolute atomic E-state index is 0.0709. The third kappa shape index (κ3) is 7.15. The molecule has 3 aromatic rings. The average Bonchev–Trinajstić information content (AvgIpc) is 2.94. The van der Waals surface area contributed by atoms with Gasteiger partial charge in [-0.15, -0.1) is 0 Å². The molecule has 4 rings (SSSR count). The fraction of sp³-hybridized carbons (Fsp3) is 0.367. The van der Waals surface area contributed by atoms with Gasteiger partial charge in [-0.05, 0) is 50.1 Å². The van der Waals surface area contributed by atoms with Crippen LogP contribution in [-0.4, -0.2) is 74.3 Å². The number of piperazine rings is 1. The molecule has 2 unspecified atom stereocenters. The zero-order valence-electron chi connectivity index (χ0n) is 23.6. The van der Waals surface area contributed by atoms with Crippen LogP contribution in [0.15, 0.2) is 71.7 Å². The predicted molar refractivity (Wildman–Crippen MR) is 157 cm³/mol. The number of rotatable bonds is 7. The van der Waals surface area contributed by atoms with Crippen molar-refractivity contribution in [3.8, 4) is 11.1 Å². The number of aromatic nitrogens is 1. The molecule has 1 N–H and O–H groups in total. The van der Waals surface area contributed by atoms with Crippen molar-refractivity contribution in [2.45, 2.75) is 44.9 Å². The molecular weight excluding hydrogens is 564 g/mol. The lowest BCUT2D eigenvalue weighted by Gasteiger charge is -2.42. The number of benzene rings is 2. The number of halogens is 1. The van der Waals surface area contributed by atoms with Crippen LogP contribution >= 0.6 is 11.6 Å². The molecule has 1 aliphatic rings. The number of hydrogen-bond acceptors (Lipinski definition) is 7. The highest BCUT2D eigenvalue weighted by atomic mass is 35.5. The van der Waals surface area contributed by atoms with Crippen molar-refractivity contribution >= 4 is 29.3 Å². The van der Waals surface area contributed by atoms with Gasteiger partial charge in [-0.1, -0.05) is 41.9 Å². The average molecular weight is 597 g/mol. The van der Waals surface area contributed by atoms with E-state index in [-0.39, 0.29) is 47.9 Å². The van der Waals surface area contributed by atoms with Crippen molar-refractivity contribution in [3.63, 3.8) is 0 Å². The normalized spacial score (nSPS) is 16.2. The van der Waals surface area contributed by atoms with Crippen molar-refractivity contribution in [2.24, 2.45) is 0 Å². The van der Waals surface area contributed by atoms with E-state index in [2.05, 4.69) is 0 Å². The number of nitro benzene ring substituents is 1. The summed E-state index contributed by atoms with van der Waals surface area (Å²) in [6.45, 7) is 5.29. The van der Waals surface area contributed by atoms with E-state index >= 15 is 0 Å². The summed E-state index contributed by atoms with van der Waals surface area (Å²) in [5.41, 5.74) is -0.161. The summed E-state index contributed by atoms with van der Waals surface area (Å²) in [6, 6.07) is 14.4. The molecule has 0 saturated carbocycles. The van der Waals surface area contributed by atoms with E-state index < -0.39 is 46.8 Å². The van der Waals surface area contributed by atoms with Gasteiger partial charge in [-0.3, -0.25) is 19.7 Å². The molecule has 222 valence electrons. The molecule has 1 aliphatic heterocycles. The van der Waals surface area contributed by atoms with Gasteiger partial charge in [0.2, 0.25) is 5.91 Å². The second-order valence-electron chi connectivity index (χ2n) is 11.1. The predicted octanol–water partition coefficient (Wildman–Crippen LogP) is 4.30. The second kappa shape index (κ2) is 12.7. The molecule has 1 fully saturated rings. The van der Waals surface area contributed by atoms with Gasteiger partial charge in [0.1, 0.15) is 11.6 Å². The van der Waals surface area contributed by atoms with E-state index in [1.807, 2.05) is 30.3 Å². The quantitative estimate of drug-likeness (QED) is 0.317. The lowest BCUT2D eigenvalue weighted by atomic mass is 10.0. The van der Waals surface area contributed by atoms with Crippen molar-refractivity contribution in [3.05, 3.63) is 97.9 Å². The number of aliphatic hydroxyl groups is 1. The number of aliphatic hydroxyl groups excluding tert-OH is 1. The van der Waals surface area contributed by atoms with Crippen molar-refractivity contribution in [1.82, 2.24) is 14.4 Å². The number of amides is 2. The lowest BCUT2D eigenvalue weighted by molar-refractivity contribution is -0.384. The largest absolute Gasteiger partial charge is 0.444 e. The molecule has 0 aliphatic carbocycles. The number of carbonyl (C=O) groups excluding carboxylic acids is 2. The van der Waals surface area contributed by atoms with Crippen LogP contribution in [0, 0.1) is 10.1 Å². The first kappa shape index (κ1) is 30.7. The number of pyridine rings is 1. The third-order valence-corrected chi connectivity index (χ3v) is 7.17. The summed E-state index contributed by atoms with van der Waals surface area (Å²) in [7, 11) is 0. The number of nitrogens with zero attached hydrogens (tertiary/aromatic N) is 4. The van der Waals surface area contributed by atoms with Crippen LogP contribution in [0.5, 0.6) is 0 Å². The molecule has 1 saturated heterocycles. The minimum Gasteiger partial charge on any atom is -0.444 e. The van der Waals surface area contributed by atoms with Crippen LogP contribution in [0.2, 0.25) is 5.02 Å². The zero-order valence-corrected chi connectivity index (χ0v) is 24.4. The molecule has 2 heterocycles. The summed E-state index contributed by atoms with van der Waals surface area (Å²) < 4.78 is 6.76. The zero-order chi connectivity index (χ0) is 30.6. The summed E-state index contributed by atoms with van der Waals surface area (Å²) in [6.07, 6.45) is 1.09.